The van der Waals surface area contributed by atoms with E-state index in [0.29, 0.717) is 4.21 Å². The fourth-order valence-electron chi connectivity index (χ4n) is 1.46. The second-order valence-corrected chi connectivity index (χ2v) is 6.90. The predicted molar refractivity (Wildman–Crippen MR) is 67.3 cm³/mol. The molecule has 0 amide bonds. The van der Waals surface area contributed by atoms with Gasteiger partial charge in [0.2, 0.25) is 10.0 Å². The third-order valence-corrected chi connectivity index (χ3v) is 5.31. The monoisotopic (exact) mass is 255 g/mol. The van der Waals surface area contributed by atoms with Gasteiger partial charge < -0.3 is 0 Å². The number of benzene rings is 1. The summed E-state index contributed by atoms with van der Waals surface area (Å²) in [6.45, 7) is 3.62. The normalized spacial score (nSPS) is 12.4. The zero-order valence-electron chi connectivity index (χ0n) is 9.10. The van der Waals surface area contributed by atoms with Crippen LogP contribution in [0.3, 0.4) is 0 Å². The number of thiophene rings is 1. The lowest BCUT2D eigenvalue weighted by molar-refractivity contribution is 0.572. The van der Waals surface area contributed by atoms with E-state index in [1.165, 1.54) is 11.3 Å². The minimum absolute atomic E-state index is 0.0878. The molecule has 0 atom stereocenters. The topological polar surface area (TPSA) is 46.2 Å². The quantitative estimate of drug-likeness (QED) is 0.916. The molecule has 3 nitrogen and oxygen atoms in total. The van der Waals surface area contributed by atoms with Gasteiger partial charge in [-0.3, -0.25) is 0 Å². The molecule has 0 aliphatic rings. The molecule has 0 spiro atoms. The predicted octanol–water partition coefficient (Wildman–Crippen LogP) is 2.59. The first-order chi connectivity index (χ1) is 7.49. The van der Waals surface area contributed by atoms with E-state index in [1.54, 1.807) is 6.07 Å². The maximum absolute atomic E-state index is 11.9. The minimum atomic E-state index is -3.35. The molecule has 0 saturated carbocycles. The highest BCUT2D eigenvalue weighted by atomic mass is 32.2. The molecule has 2 rings (SSSR count). The van der Waals surface area contributed by atoms with Gasteiger partial charge in [-0.15, -0.1) is 11.3 Å². The van der Waals surface area contributed by atoms with Crippen LogP contribution in [0.4, 0.5) is 0 Å². The molecule has 0 bridgehead atoms. The van der Waals surface area contributed by atoms with Crippen molar-refractivity contribution < 1.29 is 8.42 Å². The van der Waals surface area contributed by atoms with Crippen LogP contribution in [0.5, 0.6) is 0 Å². The third-order valence-electron chi connectivity index (χ3n) is 2.06. The summed E-state index contributed by atoms with van der Waals surface area (Å²) in [5.41, 5.74) is 0. The van der Waals surface area contributed by atoms with Crippen molar-refractivity contribution in [2.24, 2.45) is 0 Å². The smallest absolute Gasteiger partial charge is 0.208 e. The van der Waals surface area contributed by atoms with Crippen LogP contribution in [0.25, 0.3) is 10.1 Å². The Kier molecular flexibility index (Phi) is 3.01. The van der Waals surface area contributed by atoms with Crippen molar-refractivity contribution >= 4 is 31.4 Å². The number of hydrogen-bond donors (Lipinski definition) is 1. The molecule has 1 aromatic heterocycles. The second kappa shape index (κ2) is 4.16. The van der Waals surface area contributed by atoms with E-state index in [0.717, 1.165) is 10.1 Å². The maximum Gasteiger partial charge on any atom is 0.250 e. The first-order valence-electron chi connectivity index (χ1n) is 5.00. The highest BCUT2D eigenvalue weighted by Crippen LogP contribution is 2.28. The van der Waals surface area contributed by atoms with Crippen molar-refractivity contribution in [3.63, 3.8) is 0 Å². The van der Waals surface area contributed by atoms with E-state index in [4.69, 9.17) is 0 Å². The lowest BCUT2D eigenvalue weighted by Crippen LogP contribution is -2.29. The van der Waals surface area contributed by atoms with Gasteiger partial charge in [0.05, 0.1) is 0 Å². The fourth-order valence-corrected chi connectivity index (χ4v) is 4.12. The Morgan fingerprint density at radius 1 is 1.25 bits per heavy atom. The molecule has 1 aromatic carbocycles. The summed E-state index contributed by atoms with van der Waals surface area (Å²) >= 11 is 1.30. The summed E-state index contributed by atoms with van der Waals surface area (Å²) in [4.78, 5) is 0. The number of nitrogens with one attached hydrogen (secondary N) is 1. The Labute approximate surface area is 99.2 Å². The van der Waals surface area contributed by atoms with Gasteiger partial charge >= 0.3 is 0 Å². The Bertz CT molecular complexity index is 566. The molecule has 0 fully saturated rings. The van der Waals surface area contributed by atoms with Crippen LogP contribution in [-0.2, 0) is 10.0 Å². The molecular formula is C11H13NO2S2. The SMILES string of the molecule is CC(C)NS(=O)(=O)c1cc2ccccc2s1. The number of fused-ring (bicyclic) bond motifs is 1. The first kappa shape index (κ1) is 11.6. The van der Waals surface area contributed by atoms with Gasteiger partial charge in [0.15, 0.2) is 0 Å². The molecule has 0 aliphatic heterocycles. The van der Waals surface area contributed by atoms with E-state index in [9.17, 15) is 8.42 Å². The lowest BCUT2D eigenvalue weighted by atomic mass is 10.3. The summed E-state index contributed by atoms with van der Waals surface area (Å²) in [6, 6.07) is 9.28. The van der Waals surface area contributed by atoms with E-state index >= 15 is 0 Å². The standard InChI is InChI=1S/C11H13NO2S2/c1-8(2)12-16(13,14)11-7-9-5-3-4-6-10(9)15-11/h3-8,12H,1-2H3. The summed E-state index contributed by atoms with van der Waals surface area (Å²) in [5.74, 6) is 0. The second-order valence-electron chi connectivity index (χ2n) is 3.88. The summed E-state index contributed by atoms with van der Waals surface area (Å²) < 4.78 is 27.8. The van der Waals surface area contributed by atoms with E-state index in [1.807, 2.05) is 38.1 Å². The van der Waals surface area contributed by atoms with Crippen molar-refractivity contribution in [2.75, 3.05) is 0 Å². The molecule has 86 valence electrons. The van der Waals surface area contributed by atoms with Gasteiger partial charge in [0.25, 0.3) is 0 Å². The number of sulfonamides is 1. The van der Waals surface area contributed by atoms with Crippen LogP contribution in [-0.4, -0.2) is 14.5 Å². The zero-order valence-corrected chi connectivity index (χ0v) is 10.7. The Hall–Kier alpha value is -0.910. The zero-order chi connectivity index (χ0) is 11.8. The summed E-state index contributed by atoms with van der Waals surface area (Å²) in [5, 5.41) is 0.969. The Morgan fingerprint density at radius 3 is 2.56 bits per heavy atom. The van der Waals surface area contributed by atoms with Crippen LogP contribution in [0.2, 0.25) is 0 Å². The molecule has 16 heavy (non-hydrogen) atoms. The fraction of sp³-hybridized carbons (Fsp3) is 0.273. The number of rotatable bonds is 3. The highest BCUT2D eigenvalue weighted by Gasteiger charge is 2.17. The average molecular weight is 255 g/mol. The minimum Gasteiger partial charge on any atom is -0.208 e. The Morgan fingerprint density at radius 2 is 1.94 bits per heavy atom. The molecule has 0 saturated heterocycles. The Balaban J connectivity index is 2.48. The van der Waals surface area contributed by atoms with Crippen LogP contribution in [0, 0.1) is 0 Å². The van der Waals surface area contributed by atoms with Gasteiger partial charge in [-0.05, 0) is 31.4 Å². The maximum atomic E-state index is 11.9. The molecule has 5 heteroatoms. The van der Waals surface area contributed by atoms with Crippen molar-refractivity contribution in [1.29, 1.82) is 0 Å². The average Bonchev–Trinajstić information content (AvgIpc) is 2.59. The van der Waals surface area contributed by atoms with Crippen LogP contribution in [0.15, 0.2) is 34.5 Å². The van der Waals surface area contributed by atoms with E-state index < -0.39 is 10.0 Å². The third kappa shape index (κ3) is 2.26. The largest absolute Gasteiger partial charge is 0.250 e. The molecule has 0 aliphatic carbocycles. The van der Waals surface area contributed by atoms with Crippen molar-refractivity contribution in [3.05, 3.63) is 30.3 Å². The van der Waals surface area contributed by atoms with Crippen molar-refractivity contribution in [3.8, 4) is 0 Å². The summed E-state index contributed by atoms with van der Waals surface area (Å²) in [7, 11) is -3.35. The van der Waals surface area contributed by atoms with Gasteiger partial charge in [0, 0.05) is 10.7 Å². The lowest BCUT2D eigenvalue weighted by Gasteiger charge is -2.06. The van der Waals surface area contributed by atoms with Crippen LogP contribution in [0.1, 0.15) is 13.8 Å². The molecule has 0 unspecified atom stereocenters. The highest BCUT2D eigenvalue weighted by molar-refractivity contribution is 7.91. The molecule has 2 aromatic rings. The number of hydrogen-bond acceptors (Lipinski definition) is 3. The van der Waals surface area contributed by atoms with Gasteiger partial charge in [0.1, 0.15) is 4.21 Å². The molecule has 0 radical (unpaired) electrons. The van der Waals surface area contributed by atoms with E-state index in [2.05, 4.69) is 4.72 Å². The van der Waals surface area contributed by atoms with Gasteiger partial charge in [-0.25, -0.2) is 13.1 Å². The molecule has 1 N–H and O–H groups in total. The van der Waals surface area contributed by atoms with Crippen LogP contribution >= 0.6 is 11.3 Å². The van der Waals surface area contributed by atoms with Crippen molar-refractivity contribution in [1.82, 2.24) is 4.72 Å². The summed E-state index contributed by atoms with van der Waals surface area (Å²) in [6.07, 6.45) is 0. The van der Waals surface area contributed by atoms with Crippen LogP contribution < -0.4 is 4.72 Å². The van der Waals surface area contributed by atoms with E-state index in [-0.39, 0.29) is 6.04 Å². The van der Waals surface area contributed by atoms with Gasteiger partial charge in [-0.1, -0.05) is 18.2 Å². The molecule has 1 heterocycles. The van der Waals surface area contributed by atoms with Crippen molar-refractivity contribution in [2.45, 2.75) is 24.1 Å². The van der Waals surface area contributed by atoms with Gasteiger partial charge in [-0.2, -0.15) is 0 Å². The first-order valence-corrected chi connectivity index (χ1v) is 7.30. The molecular weight excluding hydrogens is 242 g/mol.